The van der Waals surface area contributed by atoms with Gasteiger partial charge in [0.05, 0.1) is 19.4 Å². The van der Waals surface area contributed by atoms with Crippen molar-refractivity contribution in [3.05, 3.63) is 78.1 Å². The number of carbonyl (C=O) groups excluding carboxylic acids is 1. The molecule has 3 aromatic carbocycles. The number of nitrogens with one attached hydrogen (secondary N) is 2. The number of hydrogen-bond donors (Lipinski definition) is 2. The van der Waals surface area contributed by atoms with Crippen LogP contribution in [0.3, 0.4) is 0 Å². The van der Waals surface area contributed by atoms with Crippen molar-refractivity contribution in [1.29, 1.82) is 0 Å². The van der Waals surface area contributed by atoms with E-state index in [9.17, 15) is 9.18 Å². The van der Waals surface area contributed by atoms with Crippen LogP contribution < -0.4 is 24.8 Å². The van der Waals surface area contributed by atoms with Crippen molar-refractivity contribution < 1.29 is 23.4 Å². The van der Waals surface area contributed by atoms with E-state index in [2.05, 4.69) is 10.6 Å². The molecule has 0 bridgehead atoms. The molecule has 0 aliphatic carbocycles. The molecular formula is C24H25FN2O4. The fraction of sp³-hybridized carbons (Fsp3) is 0.208. The maximum absolute atomic E-state index is 13.4. The fourth-order valence-electron chi connectivity index (χ4n) is 2.92. The van der Waals surface area contributed by atoms with Gasteiger partial charge in [0.2, 0.25) is 0 Å². The van der Waals surface area contributed by atoms with E-state index in [0.717, 1.165) is 5.56 Å². The zero-order valence-corrected chi connectivity index (χ0v) is 17.5. The number of rotatable bonds is 10. The average Bonchev–Trinajstić information content (AvgIpc) is 2.78. The van der Waals surface area contributed by atoms with Crippen LogP contribution in [0.1, 0.15) is 12.5 Å². The van der Waals surface area contributed by atoms with Gasteiger partial charge in [-0.15, -0.1) is 0 Å². The van der Waals surface area contributed by atoms with E-state index >= 15 is 0 Å². The Bertz CT molecular complexity index is 1010. The van der Waals surface area contributed by atoms with Crippen molar-refractivity contribution >= 4 is 17.3 Å². The standard InChI is InChI=1S/C24H25FN2O4/c1-3-30-23-13-17(15-26-20-11-10-18(25)14-22(20)29-2)9-12-21(23)31-16-24(28)27-19-7-5-4-6-8-19/h4-14,26H,3,15-16H2,1-2H3,(H,27,28). The van der Waals surface area contributed by atoms with Gasteiger partial charge in [-0.3, -0.25) is 4.79 Å². The lowest BCUT2D eigenvalue weighted by molar-refractivity contribution is -0.118. The number of ether oxygens (including phenoxy) is 3. The molecule has 0 spiro atoms. The Morgan fingerprint density at radius 2 is 1.74 bits per heavy atom. The number of carbonyl (C=O) groups is 1. The predicted octanol–water partition coefficient (Wildman–Crippen LogP) is 4.86. The Labute approximate surface area is 181 Å². The molecule has 0 aliphatic rings. The van der Waals surface area contributed by atoms with Crippen LogP contribution in [-0.4, -0.2) is 26.2 Å². The molecule has 0 fully saturated rings. The molecule has 0 aromatic heterocycles. The molecule has 2 N–H and O–H groups in total. The number of hydrogen-bond acceptors (Lipinski definition) is 5. The van der Waals surface area contributed by atoms with Gasteiger partial charge in [-0.2, -0.15) is 0 Å². The third-order valence-electron chi connectivity index (χ3n) is 4.37. The fourth-order valence-corrected chi connectivity index (χ4v) is 2.92. The lowest BCUT2D eigenvalue weighted by atomic mass is 10.2. The van der Waals surface area contributed by atoms with E-state index in [-0.39, 0.29) is 18.3 Å². The molecule has 0 unspecified atom stereocenters. The second-order valence-corrected chi connectivity index (χ2v) is 6.62. The molecule has 7 heteroatoms. The summed E-state index contributed by atoms with van der Waals surface area (Å²) in [5, 5.41) is 6.00. The van der Waals surface area contributed by atoms with E-state index in [1.54, 1.807) is 24.3 Å². The number of anilines is 2. The summed E-state index contributed by atoms with van der Waals surface area (Å²) in [5.74, 6) is 0.824. The first kappa shape index (κ1) is 22.0. The Balaban J connectivity index is 1.63. The van der Waals surface area contributed by atoms with Crippen LogP contribution in [0.25, 0.3) is 0 Å². The third-order valence-corrected chi connectivity index (χ3v) is 4.37. The highest BCUT2D eigenvalue weighted by Gasteiger charge is 2.11. The van der Waals surface area contributed by atoms with E-state index in [1.165, 1.54) is 19.2 Å². The van der Waals surface area contributed by atoms with Gasteiger partial charge >= 0.3 is 0 Å². The lowest BCUT2D eigenvalue weighted by Crippen LogP contribution is -2.20. The molecule has 0 saturated carbocycles. The van der Waals surface area contributed by atoms with Crippen molar-refractivity contribution in [2.75, 3.05) is 31.0 Å². The van der Waals surface area contributed by atoms with Crippen molar-refractivity contribution in [1.82, 2.24) is 0 Å². The van der Waals surface area contributed by atoms with Gasteiger partial charge in [0.25, 0.3) is 5.91 Å². The zero-order chi connectivity index (χ0) is 22.1. The quantitative estimate of drug-likeness (QED) is 0.486. The summed E-state index contributed by atoms with van der Waals surface area (Å²) in [6, 6.07) is 19.0. The maximum Gasteiger partial charge on any atom is 0.262 e. The topological polar surface area (TPSA) is 68.8 Å². The highest BCUT2D eigenvalue weighted by molar-refractivity contribution is 5.91. The van der Waals surface area contributed by atoms with E-state index in [4.69, 9.17) is 14.2 Å². The minimum Gasteiger partial charge on any atom is -0.494 e. The molecule has 6 nitrogen and oxygen atoms in total. The first-order valence-corrected chi connectivity index (χ1v) is 9.90. The summed E-state index contributed by atoms with van der Waals surface area (Å²) in [4.78, 5) is 12.1. The lowest BCUT2D eigenvalue weighted by Gasteiger charge is -2.15. The third kappa shape index (κ3) is 6.37. The summed E-state index contributed by atoms with van der Waals surface area (Å²) in [7, 11) is 1.49. The van der Waals surface area contributed by atoms with Crippen LogP contribution >= 0.6 is 0 Å². The normalized spacial score (nSPS) is 10.3. The number of para-hydroxylation sites is 1. The van der Waals surface area contributed by atoms with Crippen LogP contribution in [0.15, 0.2) is 66.7 Å². The largest absolute Gasteiger partial charge is 0.494 e. The number of halogens is 1. The summed E-state index contributed by atoms with van der Waals surface area (Å²) in [6.45, 7) is 2.66. The molecule has 1 amide bonds. The van der Waals surface area contributed by atoms with Gasteiger partial charge in [-0.25, -0.2) is 4.39 Å². The smallest absolute Gasteiger partial charge is 0.262 e. The minimum absolute atomic E-state index is 0.140. The number of amides is 1. The Kier molecular flexibility index (Phi) is 7.70. The van der Waals surface area contributed by atoms with E-state index in [1.807, 2.05) is 37.3 Å². The summed E-state index contributed by atoms with van der Waals surface area (Å²) >= 11 is 0. The predicted molar refractivity (Wildman–Crippen MR) is 118 cm³/mol. The molecular weight excluding hydrogens is 399 g/mol. The molecule has 0 heterocycles. The van der Waals surface area contributed by atoms with E-state index in [0.29, 0.717) is 41.8 Å². The molecule has 0 radical (unpaired) electrons. The Morgan fingerprint density at radius 1 is 0.935 bits per heavy atom. The maximum atomic E-state index is 13.4. The minimum atomic E-state index is -0.362. The van der Waals surface area contributed by atoms with Crippen LogP contribution in [-0.2, 0) is 11.3 Å². The molecule has 31 heavy (non-hydrogen) atoms. The second-order valence-electron chi connectivity index (χ2n) is 6.62. The summed E-state index contributed by atoms with van der Waals surface area (Å²) in [5.41, 5.74) is 2.31. The van der Waals surface area contributed by atoms with E-state index < -0.39 is 0 Å². The first-order chi connectivity index (χ1) is 15.1. The van der Waals surface area contributed by atoms with Crippen molar-refractivity contribution in [2.45, 2.75) is 13.5 Å². The summed E-state index contributed by atoms with van der Waals surface area (Å²) in [6.07, 6.45) is 0. The number of methoxy groups -OCH3 is 1. The first-order valence-electron chi connectivity index (χ1n) is 9.90. The van der Waals surface area contributed by atoms with Crippen LogP contribution in [0.5, 0.6) is 17.2 Å². The van der Waals surface area contributed by atoms with Gasteiger partial charge in [-0.1, -0.05) is 24.3 Å². The molecule has 0 saturated heterocycles. The average molecular weight is 424 g/mol. The highest BCUT2D eigenvalue weighted by Crippen LogP contribution is 2.30. The monoisotopic (exact) mass is 424 g/mol. The van der Waals surface area contributed by atoms with Gasteiger partial charge in [-0.05, 0) is 48.9 Å². The van der Waals surface area contributed by atoms with Crippen molar-refractivity contribution in [3.8, 4) is 17.2 Å². The summed E-state index contributed by atoms with van der Waals surface area (Å²) < 4.78 is 29.9. The van der Waals surface area contributed by atoms with Crippen molar-refractivity contribution in [2.24, 2.45) is 0 Å². The SMILES string of the molecule is CCOc1cc(CNc2ccc(F)cc2OC)ccc1OCC(=O)Nc1ccccc1. The van der Waals surface area contributed by atoms with Crippen LogP contribution in [0.2, 0.25) is 0 Å². The van der Waals surface area contributed by atoms with Gasteiger partial charge in [0.15, 0.2) is 18.1 Å². The molecule has 0 aliphatic heterocycles. The Morgan fingerprint density at radius 3 is 2.48 bits per heavy atom. The molecule has 0 atom stereocenters. The zero-order valence-electron chi connectivity index (χ0n) is 17.5. The number of benzene rings is 3. The van der Waals surface area contributed by atoms with Gasteiger partial charge in [0, 0.05) is 18.3 Å². The highest BCUT2D eigenvalue weighted by atomic mass is 19.1. The van der Waals surface area contributed by atoms with Gasteiger partial charge in [0.1, 0.15) is 11.6 Å². The Hall–Kier alpha value is -3.74. The van der Waals surface area contributed by atoms with Gasteiger partial charge < -0.3 is 24.8 Å². The second kappa shape index (κ2) is 10.9. The van der Waals surface area contributed by atoms with Crippen molar-refractivity contribution in [3.63, 3.8) is 0 Å². The molecule has 162 valence electrons. The molecule has 3 aromatic rings. The molecule has 3 rings (SSSR count). The van der Waals surface area contributed by atoms with Crippen LogP contribution in [0.4, 0.5) is 15.8 Å². The van der Waals surface area contributed by atoms with Crippen LogP contribution in [0, 0.1) is 5.82 Å².